The fourth-order valence-electron chi connectivity index (χ4n) is 2.98. The van der Waals surface area contributed by atoms with Crippen molar-refractivity contribution in [1.82, 2.24) is 10.3 Å². The maximum Gasteiger partial charge on any atom is 0.226 e. The minimum atomic E-state index is -0.288. The van der Waals surface area contributed by atoms with Gasteiger partial charge in [-0.2, -0.15) is 0 Å². The number of hydrogen-bond donors (Lipinski definition) is 1. The second kappa shape index (κ2) is 9.99. The summed E-state index contributed by atoms with van der Waals surface area (Å²) in [6.07, 6.45) is 1.11. The second-order valence-electron chi connectivity index (χ2n) is 6.45. The number of anilines is 1. The molecule has 0 aliphatic rings. The van der Waals surface area contributed by atoms with Crippen LogP contribution in [0, 0.1) is 5.82 Å². The molecule has 0 radical (unpaired) electrons. The number of halogens is 1. The number of benzene rings is 2. The molecule has 3 aromatic rings. The second-order valence-corrected chi connectivity index (χ2v) is 7.31. The molecule has 146 valence electrons. The number of amides is 1. The van der Waals surface area contributed by atoms with Gasteiger partial charge in [-0.3, -0.25) is 4.79 Å². The van der Waals surface area contributed by atoms with Crippen LogP contribution in [0.15, 0.2) is 60.0 Å². The van der Waals surface area contributed by atoms with Crippen molar-refractivity contribution >= 4 is 22.9 Å². The third-order valence-corrected chi connectivity index (χ3v) is 5.34. The van der Waals surface area contributed by atoms with Gasteiger partial charge in [0.15, 0.2) is 0 Å². The summed E-state index contributed by atoms with van der Waals surface area (Å²) >= 11 is 1.42. The molecule has 0 saturated heterocycles. The highest BCUT2D eigenvalue weighted by molar-refractivity contribution is 7.13. The number of carbonyl (C=O) groups excluding carboxylic acids is 1. The first kappa shape index (κ1) is 20.0. The van der Waals surface area contributed by atoms with Gasteiger partial charge in [0.05, 0.1) is 12.1 Å². The highest BCUT2D eigenvalue weighted by Crippen LogP contribution is 2.24. The average molecular weight is 398 g/mol. The van der Waals surface area contributed by atoms with Gasteiger partial charge in [0.25, 0.3) is 0 Å². The van der Waals surface area contributed by atoms with Crippen molar-refractivity contribution in [2.24, 2.45) is 0 Å². The van der Waals surface area contributed by atoms with Crippen molar-refractivity contribution in [3.63, 3.8) is 0 Å². The molecule has 0 aliphatic heterocycles. The average Bonchev–Trinajstić information content (AvgIpc) is 3.17. The van der Waals surface area contributed by atoms with Gasteiger partial charge in [-0.05, 0) is 37.6 Å². The molecule has 3 rings (SSSR count). The van der Waals surface area contributed by atoms with Crippen LogP contribution in [0.4, 0.5) is 10.1 Å². The Bertz CT molecular complexity index is 898. The SMILES string of the molecule is CCN(CCCNC(=O)Cc1csc(-c2cccc(F)c2)n1)c1ccccc1. The Morgan fingerprint density at radius 1 is 1.18 bits per heavy atom. The lowest BCUT2D eigenvalue weighted by Gasteiger charge is -2.23. The molecule has 0 aliphatic carbocycles. The maximum atomic E-state index is 13.3. The van der Waals surface area contributed by atoms with Gasteiger partial charge in [0.1, 0.15) is 10.8 Å². The highest BCUT2D eigenvalue weighted by atomic mass is 32.1. The van der Waals surface area contributed by atoms with E-state index in [1.807, 2.05) is 29.6 Å². The first-order valence-corrected chi connectivity index (χ1v) is 10.3. The smallest absolute Gasteiger partial charge is 0.226 e. The summed E-state index contributed by atoms with van der Waals surface area (Å²) in [5.74, 6) is -0.331. The molecule has 1 amide bonds. The molecular formula is C22H24FN3OS. The predicted octanol–water partition coefficient (Wildman–Crippen LogP) is 4.52. The molecule has 0 spiro atoms. The minimum Gasteiger partial charge on any atom is -0.372 e. The molecule has 1 heterocycles. The van der Waals surface area contributed by atoms with Crippen LogP contribution >= 0.6 is 11.3 Å². The number of rotatable bonds is 9. The topological polar surface area (TPSA) is 45.2 Å². The van der Waals surface area contributed by atoms with Gasteiger partial charge < -0.3 is 10.2 Å². The Balaban J connectivity index is 1.43. The summed E-state index contributed by atoms with van der Waals surface area (Å²) in [5, 5.41) is 5.54. The Hall–Kier alpha value is -2.73. The molecule has 1 aromatic heterocycles. The monoisotopic (exact) mass is 397 g/mol. The third kappa shape index (κ3) is 5.63. The number of aromatic nitrogens is 1. The lowest BCUT2D eigenvalue weighted by Crippen LogP contribution is -2.30. The highest BCUT2D eigenvalue weighted by Gasteiger charge is 2.10. The Labute approximate surface area is 169 Å². The molecule has 28 heavy (non-hydrogen) atoms. The fraction of sp³-hybridized carbons (Fsp3) is 0.273. The number of hydrogen-bond acceptors (Lipinski definition) is 4. The van der Waals surface area contributed by atoms with E-state index < -0.39 is 0 Å². The van der Waals surface area contributed by atoms with Crippen molar-refractivity contribution in [1.29, 1.82) is 0 Å². The molecule has 4 nitrogen and oxygen atoms in total. The number of nitrogens with one attached hydrogen (secondary N) is 1. The molecule has 1 N–H and O–H groups in total. The minimum absolute atomic E-state index is 0.0427. The number of carbonyl (C=O) groups is 1. The molecule has 0 bridgehead atoms. The zero-order valence-electron chi connectivity index (χ0n) is 15.9. The first-order valence-electron chi connectivity index (χ1n) is 9.42. The number of para-hydroxylation sites is 1. The van der Waals surface area contributed by atoms with E-state index in [0.717, 1.165) is 30.1 Å². The predicted molar refractivity (Wildman–Crippen MR) is 113 cm³/mol. The van der Waals surface area contributed by atoms with E-state index in [4.69, 9.17) is 0 Å². The van der Waals surface area contributed by atoms with Gasteiger partial charge in [-0.25, -0.2) is 9.37 Å². The van der Waals surface area contributed by atoms with E-state index >= 15 is 0 Å². The van der Waals surface area contributed by atoms with Crippen LogP contribution in [0.2, 0.25) is 0 Å². The van der Waals surface area contributed by atoms with Crippen LogP contribution in [0.3, 0.4) is 0 Å². The van der Waals surface area contributed by atoms with Crippen LogP contribution in [0.1, 0.15) is 19.0 Å². The van der Waals surface area contributed by atoms with Crippen LogP contribution in [0.25, 0.3) is 10.6 Å². The fourth-order valence-corrected chi connectivity index (χ4v) is 3.79. The third-order valence-electron chi connectivity index (χ3n) is 4.40. The van der Waals surface area contributed by atoms with Crippen molar-refractivity contribution in [2.45, 2.75) is 19.8 Å². The maximum absolute atomic E-state index is 13.3. The van der Waals surface area contributed by atoms with Crippen LogP contribution in [-0.4, -0.2) is 30.5 Å². The zero-order valence-corrected chi connectivity index (χ0v) is 16.7. The van der Waals surface area contributed by atoms with E-state index in [1.165, 1.54) is 29.2 Å². The Kier molecular flexibility index (Phi) is 7.14. The molecule has 6 heteroatoms. The van der Waals surface area contributed by atoms with Crippen molar-refractivity contribution in [3.05, 3.63) is 71.5 Å². The summed E-state index contributed by atoms with van der Waals surface area (Å²) in [5.41, 5.74) is 2.64. The summed E-state index contributed by atoms with van der Waals surface area (Å²) < 4.78 is 13.3. The molecule has 2 aromatic carbocycles. The molecule has 0 unspecified atom stereocenters. The van der Waals surface area contributed by atoms with E-state index in [0.29, 0.717) is 12.2 Å². The largest absolute Gasteiger partial charge is 0.372 e. The molecule has 0 fully saturated rings. The summed E-state index contributed by atoms with van der Waals surface area (Å²) in [6.45, 7) is 4.58. The van der Waals surface area contributed by atoms with E-state index in [9.17, 15) is 9.18 Å². The van der Waals surface area contributed by atoms with E-state index in [-0.39, 0.29) is 18.1 Å². The van der Waals surface area contributed by atoms with Crippen molar-refractivity contribution in [3.8, 4) is 10.6 Å². The summed E-state index contributed by atoms with van der Waals surface area (Å²) in [7, 11) is 0. The quantitative estimate of drug-likeness (QED) is 0.540. The van der Waals surface area contributed by atoms with Crippen molar-refractivity contribution in [2.75, 3.05) is 24.5 Å². The van der Waals surface area contributed by atoms with Gasteiger partial charge >= 0.3 is 0 Å². The normalized spacial score (nSPS) is 10.6. The molecule has 0 atom stereocenters. The van der Waals surface area contributed by atoms with Crippen LogP contribution < -0.4 is 10.2 Å². The summed E-state index contributed by atoms with van der Waals surface area (Å²) in [4.78, 5) is 18.9. The van der Waals surface area contributed by atoms with Gasteiger partial charge in [-0.1, -0.05) is 30.3 Å². The van der Waals surface area contributed by atoms with Gasteiger partial charge in [0, 0.05) is 36.3 Å². The number of nitrogens with zero attached hydrogens (tertiary/aromatic N) is 2. The van der Waals surface area contributed by atoms with Crippen LogP contribution in [-0.2, 0) is 11.2 Å². The first-order chi connectivity index (χ1) is 13.7. The van der Waals surface area contributed by atoms with Gasteiger partial charge in [0.2, 0.25) is 5.91 Å². The molecule has 0 saturated carbocycles. The van der Waals surface area contributed by atoms with Gasteiger partial charge in [-0.15, -0.1) is 11.3 Å². The standard InChI is InChI=1S/C22H24FN3OS/c1-2-26(20-10-4-3-5-11-20)13-7-12-24-21(27)15-19-16-28-22(25-19)17-8-6-9-18(23)14-17/h3-6,8-11,14,16H,2,7,12-13,15H2,1H3,(H,24,27). The van der Waals surface area contributed by atoms with Crippen LogP contribution in [0.5, 0.6) is 0 Å². The Morgan fingerprint density at radius 2 is 2.00 bits per heavy atom. The Morgan fingerprint density at radius 3 is 2.75 bits per heavy atom. The van der Waals surface area contributed by atoms with E-state index in [1.54, 1.807) is 6.07 Å². The summed E-state index contributed by atoms with van der Waals surface area (Å²) in [6, 6.07) is 16.6. The lowest BCUT2D eigenvalue weighted by molar-refractivity contribution is -0.120. The zero-order chi connectivity index (χ0) is 19.8. The van der Waals surface area contributed by atoms with E-state index in [2.05, 4.69) is 34.3 Å². The lowest BCUT2D eigenvalue weighted by atomic mass is 10.2. The molecular weight excluding hydrogens is 373 g/mol. The van der Waals surface area contributed by atoms with Crippen molar-refractivity contribution < 1.29 is 9.18 Å². The number of thiazole rings is 1.